The van der Waals surface area contributed by atoms with Gasteiger partial charge >= 0.3 is 0 Å². The Balaban J connectivity index is 3.42. The van der Waals surface area contributed by atoms with Gasteiger partial charge in [0.25, 0.3) is 0 Å². The number of halogens is 3. The third-order valence-corrected chi connectivity index (χ3v) is 2.32. The standard InChI is InChI=1S/C13H11F3N2O/c1-7(6-18(2)3)13(19)8-4-10(14)12(16)9(5-17)11(8)15/h4,6H,1-3H3/b7-6+. The van der Waals surface area contributed by atoms with Crippen molar-refractivity contribution in [2.75, 3.05) is 14.1 Å². The molecule has 1 aromatic carbocycles. The van der Waals surface area contributed by atoms with Gasteiger partial charge in [0.05, 0.1) is 5.56 Å². The van der Waals surface area contributed by atoms with E-state index in [0.29, 0.717) is 6.07 Å². The number of hydrogen-bond acceptors (Lipinski definition) is 3. The first-order valence-electron chi connectivity index (χ1n) is 5.26. The molecule has 0 heterocycles. The van der Waals surface area contributed by atoms with E-state index in [1.807, 2.05) is 0 Å². The zero-order chi connectivity index (χ0) is 14.7. The molecule has 1 aromatic rings. The first-order chi connectivity index (χ1) is 8.79. The van der Waals surface area contributed by atoms with Crippen molar-refractivity contribution in [2.24, 2.45) is 0 Å². The molecule has 0 radical (unpaired) electrons. The number of allylic oxidation sites excluding steroid dienone is 1. The zero-order valence-corrected chi connectivity index (χ0v) is 10.6. The number of nitriles is 1. The van der Waals surface area contributed by atoms with E-state index < -0.39 is 34.4 Å². The minimum absolute atomic E-state index is 0.138. The third kappa shape index (κ3) is 2.94. The molecule has 0 aliphatic heterocycles. The van der Waals surface area contributed by atoms with Crippen LogP contribution in [0.4, 0.5) is 13.2 Å². The molecule has 0 atom stereocenters. The lowest BCUT2D eigenvalue weighted by atomic mass is 10.0. The molecule has 0 spiro atoms. The van der Waals surface area contributed by atoms with Gasteiger partial charge in [-0.15, -0.1) is 0 Å². The van der Waals surface area contributed by atoms with Gasteiger partial charge in [0, 0.05) is 25.9 Å². The first kappa shape index (κ1) is 14.8. The molecule has 0 unspecified atom stereocenters. The van der Waals surface area contributed by atoms with Crippen LogP contribution in [0.5, 0.6) is 0 Å². The SMILES string of the molecule is C/C(=C\N(C)C)C(=O)c1cc(F)c(F)c(C#N)c1F. The molecular formula is C13H11F3N2O. The maximum atomic E-state index is 13.8. The monoisotopic (exact) mass is 268 g/mol. The average Bonchev–Trinajstić information content (AvgIpc) is 2.33. The topological polar surface area (TPSA) is 44.1 Å². The summed E-state index contributed by atoms with van der Waals surface area (Å²) in [6.45, 7) is 1.41. The number of carbonyl (C=O) groups excluding carboxylic acids is 1. The van der Waals surface area contributed by atoms with Crippen LogP contribution in [0.2, 0.25) is 0 Å². The minimum Gasteiger partial charge on any atom is -0.383 e. The molecule has 0 bridgehead atoms. The van der Waals surface area contributed by atoms with Crippen molar-refractivity contribution in [3.63, 3.8) is 0 Å². The van der Waals surface area contributed by atoms with Gasteiger partial charge in [0.15, 0.2) is 23.2 Å². The van der Waals surface area contributed by atoms with Gasteiger partial charge in [-0.3, -0.25) is 4.79 Å². The fraction of sp³-hybridized carbons (Fsp3) is 0.231. The highest BCUT2D eigenvalue weighted by Crippen LogP contribution is 2.21. The van der Waals surface area contributed by atoms with Crippen LogP contribution in [-0.2, 0) is 0 Å². The van der Waals surface area contributed by atoms with Gasteiger partial charge in [0.1, 0.15) is 11.6 Å². The predicted octanol–water partition coefficient (Wildman–Crippen LogP) is 2.62. The van der Waals surface area contributed by atoms with E-state index in [2.05, 4.69) is 0 Å². The van der Waals surface area contributed by atoms with E-state index in [9.17, 15) is 18.0 Å². The zero-order valence-electron chi connectivity index (χ0n) is 10.6. The summed E-state index contributed by atoms with van der Waals surface area (Å²) < 4.78 is 40.1. The van der Waals surface area contributed by atoms with Crippen molar-refractivity contribution in [3.05, 3.63) is 46.4 Å². The fourth-order valence-corrected chi connectivity index (χ4v) is 1.53. The first-order valence-corrected chi connectivity index (χ1v) is 5.26. The molecule has 0 aliphatic rings. The Hall–Kier alpha value is -2.29. The van der Waals surface area contributed by atoms with Crippen LogP contribution in [0.15, 0.2) is 17.8 Å². The quantitative estimate of drug-likeness (QED) is 0.481. The summed E-state index contributed by atoms with van der Waals surface area (Å²) >= 11 is 0. The molecule has 6 heteroatoms. The molecule has 0 amide bonds. The largest absolute Gasteiger partial charge is 0.383 e. The van der Waals surface area contributed by atoms with E-state index in [4.69, 9.17) is 5.26 Å². The summed E-state index contributed by atoms with van der Waals surface area (Å²) in [7, 11) is 3.30. The molecule has 0 saturated heterocycles. The average molecular weight is 268 g/mol. The summed E-state index contributed by atoms with van der Waals surface area (Å²) in [5, 5.41) is 8.58. The van der Waals surface area contributed by atoms with Crippen LogP contribution in [0.25, 0.3) is 0 Å². The predicted molar refractivity (Wildman–Crippen MR) is 62.8 cm³/mol. The molecule has 0 fully saturated rings. The maximum absolute atomic E-state index is 13.8. The second kappa shape index (κ2) is 5.57. The second-order valence-electron chi connectivity index (χ2n) is 4.13. The number of carbonyl (C=O) groups is 1. The van der Waals surface area contributed by atoms with E-state index in [0.717, 1.165) is 0 Å². The highest BCUT2D eigenvalue weighted by molar-refractivity contribution is 6.08. The number of hydrogen-bond donors (Lipinski definition) is 0. The van der Waals surface area contributed by atoms with Gasteiger partial charge in [-0.2, -0.15) is 5.26 Å². The van der Waals surface area contributed by atoms with Gasteiger partial charge < -0.3 is 4.90 Å². The Morgan fingerprint density at radius 2 is 1.89 bits per heavy atom. The van der Waals surface area contributed by atoms with Crippen molar-refractivity contribution in [1.82, 2.24) is 4.90 Å². The van der Waals surface area contributed by atoms with Crippen LogP contribution in [0, 0.1) is 28.8 Å². The number of Topliss-reactive ketones (excluding diaryl/α,β-unsaturated/α-hetero) is 1. The van der Waals surface area contributed by atoms with Crippen molar-refractivity contribution >= 4 is 5.78 Å². The van der Waals surface area contributed by atoms with Crippen molar-refractivity contribution in [3.8, 4) is 6.07 Å². The minimum atomic E-state index is -1.59. The van der Waals surface area contributed by atoms with Gasteiger partial charge in [-0.05, 0) is 13.0 Å². The van der Waals surface area contributed by atoms with E-state index >= 15 is 0 Å². The number of benzene rings is 1. The van der Waals surface area contributed by atoms with Crippen molar-refractivity contribution < 1.29 is 18.0 Å². The number of ketones is 1. The fourth-order valence-electron chi connectivity index (χ4n) is 1.53. The molecule has 0 aliphatic carbocycles. The Morgan fingerprint density at radius 1 is 1.32 bits per heavy atom. The lowest BCUT2D eigenvalue weighted by Crippen LogP contribution is -2.11. The second-order valence-corrected chi connectivity index (χ2v) is 4.13. The summed E-state index contributed by atoms with van der Waals surface area (Å²) in [6.07, 6.45) is 1.41. The van der Waals surface area contributed by atoms with E-state index in [1.54, 1.807) is 19.0 Å². The Kier molecular flexibility index (Phi) is 4.33. The lowest BCUT2D eigenvalue weighted by Gasteiger charge is -2.09. The van der Waals surface area contributed by atoms with Crippen LogP contribution in [-0.4, -0.2) is 24.8 Å². The van der Waals surface area contributed by atoms with Crippen molar-refractivity contribution in [2.45, 2.75) is 6.92 Å². The lowest BCUT2D eigenvalue weighted by molar-refractivity contribution is 0.102. The Bertz CT molecular complexity index is 601. The molecule has 1 rings (SSSR count). The Morgan fingerprint density at radius 3 is 2.37 bits per heavy atom. The van der Waals surface area contributed by atoms with Gasteiger partial charge in [-0.1, -0.05) is 0 Å². The number of rotatable bonds is 3. The molecule has 3 nitrogen and oxygen atoms in total. The highest BCUT2D eigenvalue weighted by atomic mass is 19.2. The summed E-state index contributed by atoms with van der Waals surface area (Å²) in [5.74, 6) is -5.18. The molecule has 0 saturated carbocycles. The summed E-state index contributed by atoms with van der Waals surface area (Å²) in [5.41, 5.74) is -1.62. The van der Waals surface area contributed by atoms with Crippen LogP contribution in [0.3, 0.4) is 0 Å². The Labute approximate surface area is 108 Å². The number of nitrogens with zero attached hydrogens (tertiary/aromatic N) is 2. The van der Waals surface area contributed by atoms with Crippen LogP contribution >= 0.6 is 0 Å². The third-order valence-electron chi connectivity index (χ3n) is 2.32. The van der Waals surface area contributed by atoms with E-state index in [1.165, 1.54) is 19.2 Å². The summed E-state index contributed by atoms with van der Waals surface area (Å²) in [6, 6.07) is 1.67. The molecular weight excluding hydrogens is 257 g/mol. The normalized spacial score (nSPS) is 11.1. The van der Waals surface area contributed by atoms with Gasteiger partial charge in [0.2, 0.25) is 0 Å². The molecule has 0 aromatic heterocycles. The summed E-state index contributed by atoms with van der Waals surface area (Å²) in [4.78, 5) is 13.5. The van der Waals surface area contributed by atoms with E-state index in [-0.39, 0.29) is 5.57 Å². The smallest absolute Gasteiger partial charge is 0.193 e. The highest BCUT2D eigenvalue weighted by Gasteiger charge is 2.23. The molecule has 100 valence electrons. The molecule has 0 N–H and O–H groups in total. The van der Waals surface area contributed by atoms with Crippen LogP contribution < -0.4 is 0 Å². The van der Waals surface area contributed by atoms with Crippen LogP contribution in [0.1, 0.15) is 22.8 Å². The maximum Gasteiger partial charge on any atom is 0.193 e. The molecule has 19 heavy (non-hydrogen) atoms. The van der Waals surface area contributed by atoms with Gasteiger partial charge in [-0.25, -0.2) is 13.2 Å². The van der Waals surface area contributed by atoms with Crippen molar-refractivity contribution in [1.29, 1.82) is 5.26 Å².